The van der Waals surface area contributed by atoms with E-state index < -0.39 is 17.5 Å². The van der Waals surface area contributed by atoms with Crippen molar-refractivity contribution in [3.05, 3.63) is 116 Å². The molecular weight excluding hydrogens is 534 g/mol. The van der Waals surface area contributed by atoms with Crippen LogP contribution in [-0.4, -0.2) is 35.4 Å². The van der Waals surface area contributed by atoms with Gasteiger partial charge in [-0.2, -0.15) is 0 Å². The van der Waals surface area contributed by atoms with E-state index in [9.17, 15) is 14.9 Å². The summed E-state index contributed by atoms with van der Waals surface area (Å²) in [6.07, 6.45) is 0. The SMILES string of the molecule is CN1C[C@H](c2ccc(OCc3ccc4ccccc4c3)c(Br)c2)[C@@H]([N+](=O)[O-])[C@]12C(=O)Nc1ccccc12. The maximum Gasteiger partial charge on any atom is 0.256 e. The average molecular weight is 558 g/mol. The molecule has 1 fully saturated rings. The molecule has 0 aliphatic carbocycles. The van der Waals surface area contributed by atoms with Crippen molar-refractivity contribution in [2.45, 2.75) is 24.1 Å². The standard InChI is InChI=1S/C29H24BrN3O4/c1-32-16-22(27(33(35)36)29(32)23-8-4-5-9-25(23)31-28(29)34)21-12-13-26(24(30)15-21)37-17-18-10-11-19-6-2-3-7-20(19)14-18/h2-15,22,27H,16-17H2,1H3,(H,31,34)/t22-,27-,29-/m1/s1. The van der Waals surface area contributed by atoms with Crippen LogP contribution in [0.4, 0.5) is 5.69 Å². The number of fused-ring (bicyclic) bond motifs is 3. The molecule has 0 saturated carbocycles. The van der Waals surface area contributed by atoms with Gasteiger partial charge in [-0.15, -0.1) is 0 Å². The van der Waals surface area contributed by atoms with Crippen LogP contribution in [-0.2, 0) is 16.9 Å². The van der Waals surface area contributed by atoms with Crippen LogP contribution in [0, 0.1) is 10.1 Å². The van der Waals surface area contributed by atoms with E-state index in [0.29, 0.717) is 34.6 Å². The maximum atomic E-state index is 13.3. The molecule has 0 radical (unpaired) electrons. The van der Waals surface area contributed by atoms with Crippen LogP contribution in [0.15, 0.2) is 89.4 Å². The molecule has 37 heavy (non-hydrogen) atoms. The van der Waals surface area contributed by atoms with Crippen molar-refractivity contribution < 1.29 is 14.5 Å². The molecule has 2 aliphatic heterocycles. The zero-order chi connectivity index (χ0) is 25.7. The number of nitrogens with one attached hydrogen (secondary N) is 1. The van der Waals surface area contributed by atoms with E-state index in [0.717, 1.165) is 16.5 Å². The normalized spacial score (nSPS) is 22.8. The van der Waals surface area contributed by atoms with Crippen molar-refractivity contribution >= 4 is 38.3 Å². The number of nitro groups is 1. The maximum absolute atomic E-state index is 13.3. The van der Waals surface area contributed by atoms with Crippen molar-refractivity contribution in [1.29, 1.82) is 0 Å². The first-order valence-corrected chi connectivity index (χ1v) is 12.8. The molecule has 8 heteroatoms. The molecular formula is C29H24BrN3O4. The number of ether oxygens (including phenoxy) is 1. The Morgan fingerprint density at radius 3 is 2.59 bits per heavy atom. The summed E-state index contributed by atoms with van der Waals surface area (Å²) in [7, 11) is 1.79. The molecule has 6 rings (SSSR count). The van der Waals surface area contributed by atoms with Crippen molar-refractivity contribution in [3.63, 3.8) is 0 Å². The number of benzene rings is 4. The highest BCUT2D eigenvalue weighted by atomic mass is 79.9. The molecule has 7 nitrogen and oxygen atoms in total. The van der Waals surface area contributed by atoms with Gasteiger partial charge >= 0.3 is 0 Å². The second-order valence-electron chi connectivity index (χ2n) is 9.64. The fourth-order valence-corrected chi connectivity index (χ4v) is 6.45. The predicted molar refractivity (Wildman–Crippen MR) is 145 cm³/mol. The van der Waals surface area contributed by atoms with E-state index in [1.54, 1.807) is 13.1 Å². The molecule has 1 spiro atoms. The Balaban J connectivity index is 1.28. The second-order valence-corrected chi connectivity index (χ2v) is 10.5. The number of carbonyl (C=O) groups excluding carboxylic acids is 1. The summed E-state index contributed by atoms with van der Waals surface area (Å²) >= 11 is 3.60. The lowest BCUT2D eigenvalue weighted by Gasteiger charge is -2.30. The van der Waals surface area contributed by atoms with Gasteiger partial charge in [0.25, 0.3) is 11.9 Å². The number of hydrogen-bond acceptors (Lipinski definition) is 5. The summed E-state index contributed by atoms with van der Waals surface area (Å²) in [5.41, 5.74) is 1.76. The molecule has 1 saturated heterocycles. The first-order chi connectivity index (χ1) is 17.9. The molecule has 4 aromatic rings. The van der Waals surface area contributed by atoms with E-state index in [-0.39, 0.29) is 10.8 Å². The third kappa shape index (κ3) is 3.70. The van der Waals surface area contributed by atoms with Crippen LogP contribution in [0.5, 0.6) is 5.75 Å². The lowest BCUT2D eigenvalue weighted by atomic mass is 9.79. The molecule has 0 aromatic heterocycles. The molecule has 1 amide bonds. The van der Waals surface area contributed by atoms with Crippen molar-refractivity contribution in [2.24, 2.45) is 0 Å². The van der Waals surface area contributed by atoms with Gasteiger partial charge in [-0.1, -0.05) is 60.7 Å². The third-order valence-corrected chi connectivity index (χ3v) is 8.25. The Bertz CT molecular complexity index is 1560. The lowest BCUT2D eigenvalue weighted by Crippen LogP contribution is -2.54. The largest absolute Gasteiger partial charge is 0.488 e. The molecule has 2 aliphatic rings. The highest BCUT2D eigenvalue weighted by molar-refractivity contribution is 9.10. The van der Waals surface area contributed by atoms with Gasteiger partial charge in [-0.05, 0) is 69.1 Å². The van der Waals surface area contributed by atoms with Gasteiger partial charge in [0.2, 0.25) is 0 Å². The van der Waals surface area contributed by atoms with Gasteiger partial charge < -0.3 is 10.1 Å². The number of hydrogen-bond donors (Lipinski definition) is 1. The van der Waals surface area contributed by atoms with E-state index in [1.165, 1.54) is 5.39 Å². The number of anilines is 1. The van der Waals surface area contributed by atoms with Gasteiger partial charge in [-0.3, -0.25) is 19.8 Å². The molecule has 0 bridgehead atoms. The topological polar surface area (TPSA) is 84.7 Å². The minimum absolute atomic E-state index is 0.298. The minimum atomic E-state index is -1.36. The fraction of sp³-hybridized carbons (Fsp3) is 0.207. The van der Waals surface area contributed by atoms with Gasteiger partial charge in [0.15, 0.2) is 5.54 Å². The van der Waals surface area contributed by atoms with Crippen LogP contribution in [0.2, 0.25) is 0 Å². The fourth-order valence-electron chi connectivity index (χ4n) is 5.93. The molecule has 1 N–H and O–H groups in total. The summed E-state index contributed by atoms with van der Waals surface area (Å²) < 4.78 is 6.80. The van der Waals surface area contributed by atoms with Crippen LogP contribution < -0.4 is 10.1 Å². The molecule has 3 atom stereocenters. The average Bonchev–Trinajstić information content (AvgIpc) is 3.37. The molecule has 4 aromatic carbocycles. The summed E-state index contributed by atoms with van der Waals surface area (Å²) in [6, 6.07) is 26.1. The number of rotatable bonds is 5. The number of likely N-dealkylation sites (N-methyl/N-ethyl adjacent to an activating group) is 1. The highest BCUT2D eigenvalue weighted by Gasteiger charge is 2.68. The monoisotopic (exact) mass is 557 g/mol. The van der Waals surface area contributed by atoms with Gasteiger partial charge in [0.05, 0.1) is 10.4 Å². The molecule has 2 heterocycles. The van der Waals surface area contributed by atoms with Gasteiger partial charge in [0, 0.05) is 22.7 Å². The van der Waals surface area contributed by atoms with Crippen molar-refractivity contribution in [1.82, 2.24) is 4.90 Å². The Morgan fingerprint density at radius 2 is 1.81 bits per heavy atom. The quantitative estimate of drug-likeness (QED) is 0.251. The second kappa shape index (κ2) is 8.97. The Morgan fingerprint density at radius 1 is 1.05 bits per heavy atom. The first kappa shape index (κ1) is 23.6. The van der Waals surface area contributed by atoms with Crippen molar-refractivity contribution in [3.8, 4) is 5.75 Å². The summed E-state index contributed by atoms with van der Waals surface area (Å²) in [5.74, 6) is -0.183. The third-order valence-electron chi connectivity index (χ3n) is 7.63. The predicted octanol–water partition coefficient (Wildman–Crippen LogP) is 5.70. The number of likely N-dealkylation sites (tertiary alicyclic amines) is 1. The Kier molecular flexibility index (Phi) is 5.73. The Labute approximate surface area is 222 Å². The zero-order valence-electron chi connectivity index (χ0n) is 20.1. The number of carbonyl (C=O) groups is 1. The first-order valence-electron chi connectivity index (χ1n) is 12.0. The molecule has 186 valence electrons. The van der Waals surface area contributed by atoms with E-state index in [4.69, 9.17) is 4.74 Å². The van der Waals surface area contributed by atoms with E-state index in [2.05, 4.69) is 45.5 Å². The van der Waals surface area contributed by atoms with Crippen molar-refractivity contribution in [2.75, 3.05) is 18.9 Å². The number of para-hydroxylation sites is 1. The minimum Gasteiger partial charge on any atom is -0.488 e. The highest BCUT2D eigenvalue weighted by Crippen LogP contribution is 2.52. The van der Waals surface area contributed by atoms with Gasteiger partial charge in [-0.25, -0.2) is 0 Å². The van der Waals surface area contributed by atoms with Crippen LogP contribution in [0.1, 0.15) is 22.6 Å². The smallest absolute Gasteiger partial charge is 0.256 e. The van der Waals surface area contributed by atoms with E-state index in [1.807, 2.05) is 59.5 Å². The zero-order valence-corrected chi connectivity index (χ0v) is 21.6. The number of amides is 1. The van der Waals surface area contributed by atoms with Crippen LogP contribution in [0.25, 0.3) is 10.8 Å². The van der Waals surface area contributed by atoms with E-state index >= 15 is 0 Å². The lowest BCUT2D eigenvalue weighted by molar-refractivity contribution is -0.534. The number of halogens is 1. The summed E-state index contributed by atoms with van der Waals surface area (Å²) in [4.78, 5) is 27.3. The van der Waals surface area contributed by atoms with Crippen LogP contribution in [0.3, 0.4) is 0 Å². The van der Waals surface area contributed by atoms with Crippen LogP contribution >= 0.6 is 15.9 Å². The summed E-state index contributed by atoms with van der Waals surface area (Å²) in [5, 5.41) is 17.7. The Hall–Kier alpha value is -3.75. The van der Waals surface area contributed by atoms with Gasteiger partial charge in [0.1, 0.15) is 12.4 Å². The number of nitrogens with zero attached hydrogens (tertiary/aromatic N) is 2. The molecule has 0 unspecified atom stereocenters. The summed E-state index contributed by atoms with van der Waals surface area (Å²) in [6.45, 7) is 0.768.